The molecule has 0 fully saturated rings. The monoisotopic (exact) mass is 201 g/mol. The van der Waals surface area contributed by atoms with E-state index in [1.54, 1.807) is 16.9 Å². The largest absolute Gasteiger partial charge is 0.485 e. The molecule has 1 unspecified atom stereocenters. The maximum atomic E-state index is 11.3. The third kappa shape index (κ3) is 1.23. The molecule has 13 heavy (non-hydrogen) atoms. The van der Waals surface area contributed by atoms with Gasteiger partial charge in [-0.15, -0.1) is 0 Å². The molecule has 0 aromatic rings. The summed E-state index contributed by atoms with van der Waals surface area (Å²) in [4.78, 5) is 10.2. The number of allylic oxidation sites excluding steroid dienone is 1. The van der Waals surface area contributed by atoms with Gasteiger partial charge in [-0.3, -0.25) is 9.52 Å². The number of sulfonamides is 1. The van der Waals surface area contributed by atoms with E-state index in [-0.39, 0.29) is 17.4 Å². The minimum atomic E-state index is -3.66. The first-order valence-corrected chi connectivity index (χ1v) is 5.16. The highest BCUT2D eigenvalue weighted by molar-refractivity contribution is 7.93. The van der Waals surface area contributed by atoms with Gasteiger partial charge in [-0.2, -0.15) is 0 Å². The molecule has 2 aliphatic rings. The van der Waals surface area contributed by atoms with E-state index in [4.69, 9.17) is 4.74 Å². The first kappa shape index (κ1) is 8.31. The van der Waals surface area contributed by atoms with Crippen molar-refractivity contribution in [2.24, 2.45) is 0 Å². The molecule has 0 saturated carbocycles. The standard InChI is InChI=1S/C7H7NO4S/c9-4-8-13(10,11)7-3-5-1-2-6(7)12-5/h1-2,4-5H,3H2,(H,8,9). The Labute approximate surface area is 75.1 Å². The van der Waals surface area contributed by atoms with Gasteiger partial charge in [0.05, 0.1) is 0 Å². The minimum Gasteiger partial charge on any atom is -0.485 e. The molecule has 2 bridgehead atoms. The Morgan fingerprint density at radius 1 is 1.62 bits per heavy atom. The molecule has 6 heteroatoms. The van der Waals surface area contributed by atoms with Crippen LogP contribution in [0.5, 0.6) is 0 Å². The molecule has 0 aliphatic carbocycles. The van der Waals surface area contributed by atoms with Crippen molar-refractivity contribution in [2.45, 2.75) is 12.5 Å². The molecule has 0 spiro atoms. The SMILES string of the molecule is O=CNS(=O)(=O)C1=C2C=CC(C1)O2. The van der Waals surface area contributed by atoms with Crippen molar-refractivity contribution < 1.29 is 17.9 Å². The Hall–Kier alpha value is -1.30. The number of ether oxygens (including phenoxy) is 1. The maximum absolute atomic E-state index is 11.3. The van der Waals surface area contributed by atoms with Gasteiger partial charge < -0.3 is 4.74 Å². The molecule has 2 rings (SSSR count). The molecule has 1 N–H and O–H groups in total. The van der Waals surface area contributed by atoms with Crippen LogP contribution in [-0.2, 0) is 19.6 Å². The van der Waals surface area contributed by atoms with E-state index in [0.717, 1.165) is 0 Å². The van der Waals surface area contributed by atoms with E-state index >= 15 is 0 Å². The van der Waals surface area contributed by atoms with Crippen molar-refractivity contribution in [2.75, 3.05) is 0 Å². The minimum absolute atomic E-state index is 0.151. The van der Waals surface area contributed by atoms with Crippen LogP contribution in [0.15, 0.2) is 22.8 Å². The van der Waals surface area contributed by atoms with Gasteiger partial charge in [0.25, 0.3) is 10.0 Å². The van der Waals surface area contributed by atoms with Gasteiger partial charge in [-0.25, -0.2) is 8.42 Å². The van der Waals surface area contributed by atoms with E-state index in [1.807, 2.05) is 0 Å². The second kappa shape index (κ2) is 2.59. The third-order valence-electron chi connectivity index (χ3n) is 1.93. The van der Waals surface area contributed by atoms with E-state index in [1.165, 1.54) is 0 Å². The first-order valence-electron chi connectivity index (χ1n) is 3.67. The van der Waals surface area contributed by atoms with E-state index in [0.29, 0.717) is 12.2 Å². The molecule has 0 aromatic carbocycles. The molecule has 1 atom stereocenters. The summed E-state index contributed by atoms with van der Waals surface area (Å²) in [6.07, 6.45) is 3.68. The summed E-state index contributed by atoms with van der Waals surface area (Å²) < 4.78 is 29.5. The van der Waals surface area contributed by atoms with Crippen LogP contribution in [-0.4, -0.2) is 20.9 Å². The van der Waals surface area contributed by atoms with Crippen molar-refractivity contribution in [3.8, 4) is 0 Å². The summed E-state index contributed by atoms with van der Waals surface area (Å²) in [5.74, 6) is 0.347. The van der Waals surface area contributed by atoms with Crippen LogP contribution in [0.4, 0.5) is 0 Å². The second-order valence-corrected chi connectivity index (χ2v) is 4.48. The zero-order chi connectivity index (χ0) is 9.47. The molecule has 0 saturated heterocycles. The van der Waals surface area contributed by atoms with Gasteiger partial charge in [0.1, 0.15) is 16.8 Å². The molecule has 0 aromatic heterocycles. The van der Waals surface area contributed by atoms with Crippen LogP contribution < -0.4 is 4.72 Å². The van der Waals surface area contributed by atoms with Gasteiger partial charge in [0.15, 0.2) is 0 Å². The summed E-state index contributed by atoms with van der Waals surface area (Å²) in [5.41, 5.74) is 0. The number of amides is 1. The van der Waals surface area contributed by atoms with Gasteiger partial charge >= 0.3 is 0 Å². The number of hydrogen-bond acceptors (Lipinski definition) is 4. The van der Waals surface area contributed by atoms with Gasteiger partial charge in [-0.05, 0) is 12.2 Å². The number of hydrogen-bond donors (Lipinski definition) is 1. The molecule has 1 amide bonds. The molecule has 2 aliphatic heterocycles. The van der Waals surface area contributed by atoms with Crippen molar-refractivity contribution in [1.29, 1.82) is 0 Å². The molecule has 0 radical (unpaired) electrons. The van der Waals surface area contributed by atoms with Crippen LogP contribution in [0, 0.1) is 0 Å². The Bertz CT molecular complexity index is 406. The average molecular weight is 201 g/mol. The predicted molar refractivity (Wildman–Crippen MR) is 43.8 cm³/mol. The number of fused-ring (bicyclic) bond motifs is 2. The number of carbonyl (C=O) groups is 1. The lowest BCUT2D eigenvalue weighted by Crippen LogP contribution is -2.24. The smallest absolute Gasteiger partial charge is 0.263 e. The molecule has 5 nitrogen and oxygen atoms in total. The van der Waals surface area contributed by atoms with Crippen LogP contribution in [0.1, 0.15) is 6.42 Å². The highest BCUT2D eigenvalue weighted by atomic mass is 32.2. The highest BCUT2D eigenvalue weighted by Gasteiger charge is 2.34. The summed E-state index contributed by atoms with van der Waals surface area (Å²) in [6.45, 7) is 0. The zero-order valence-corrected chi connectivity index (χ0v) is 7.37. The van der Waals surface area contributed by atoms with E-state index < -0.39 is 10.0 Å². The van der Waals surface area contributed by atoms with Gasteiger partial charge in [0, 0.05) is 6.42 Å². The predicted octanol–water partition coefficient (Wildman–Crippen LogP) is -0.367. The van der Waals surface area contributed by atoms with Crippen molar-refractivity contribution >= 4 is 16.4 Å². The summed E-state index contributed by atoms with van der Waals surface area (Å²) in [5, 5.41) is 0. The van der Waals surface area contributed by atoms with E-state index in [2.05, 4.69) is 0 Å². The maximum Gasteiger partial charge on any atom is 0.263 e. The van der Waals surface area contributed by atoms with Crippen LogP contribution in [0.2, 0.25) is 0 Å². The summed E-state index contributed by atoms with van der Waals surface area (Å²) >= 11 is 0. The Balaban J connectivity index is 2.38. The summed E-state index contributed by atoms with van der Waals surface area (Å²) in [6, 6.07) is 0. The third-order valence-corrected chi connectivity index (χ3v) is 3.35. The second-order valence-electron chi connectivity index (χ2n) is 2.75. The Morgan fingerprint density at radius 2 is 2.38 bits per heavy atom. The molecule has 70 valence electrons. The first-order chi connectivity index (χ1) is 6.13. The lowest BCUT2D eigenvalue weighted by Gasteiger charge is -2.03. The van der Waals surface area contributed by atoms with Crippen LogP contribution in [0.25, 0.3) is 0 Å². The molecular weight excluding hydrogens is 194 g/mol. The zero-order valence-electron chi connectivity index (χ0n) is 6.56. The van der Waals surface area contributed by atoms with Gasteiger partial charge in [-0.1, -0.05) is 0 Å². The highest BCUT2D eigenvalue weighted by Crippen LogP contribution is 2.34. The normalized spacial score (nSPS) is 24.8. The topological polar surface area (TPSA) is 72.5 Å². The fourth-order valence-electron chi connectivity index (χ4n) is 1.36. The Kier molecular flexibility index (Phi) is 1.66. The van der Waals surface area contributed by atoms with Crippen LogP contribution >= 0.6 is 0 Å². The van der Waals surface area contributed by atoms with E-state index in [9.17, 15) is 13.2 Å². The quantitative estimate of drug-likeness (QED) is 0.632. The number of nitrogens with one attached hydrogen (secondary N) is 1. The van der Waals surface area contributed by atoms with Gasteiger partial charge in [0.2, 0.25) is 6.41 Å². The lowest BCUT2D eigenvalue weighted by atomic mass is 10.2. The average Bonchev–Trinajstić information content (AvgIpc) is 2.63. The van der Waals surface area contributed by atoms with Crippen molar-refractivity contribution in [1.82, 2.24) is 4.72 Å². The lowest BCUT2D eigenvalue weighted by molar-refractivity contribution is -0.108. The number of rotatable bonds is 3. The van der Waals surface area contributed by atoms with Crippen LogP contribution in [0.3, 0.4) is 0 Å². The Morgan fingerprint density at radius 3 is 2.85 bits per heavy atom. The van der Waals surface area contributed by atoms with Crippen molar-refractivity contribution in [3.63, 3.8) is 0 Å². The number of carbonyl (C=O) groups excluding carboxylic acids is 1. The molecular formula is C7H7NO4S. The fourth-order valence-corrected chi connectivity index (χ4v) is 2.40. The van der Waals surface area contributed by atoms with Crippen molar-refractivity contribution in [3.05, 3.63) is 22.8 Å². The fraction of sp³-hybridized carbons (Fsp3) is 0.286. The summed E-state index contributed by atoms with van der Waals surface area (Å²) in [7, 11) is -3.66. The molecule has 2 heterocycles.